The van der Waals surface area contributed by atoms with Crippen molar-refractivity contribution in [1.29, 1.82) is 0 Å². The summed E-state index contributed by atoms with van der Waals surface area (Å²) in [6.45, 7) is 7.43. The lowest BCUT2D eigenvalue weighted by Gasteiger charge is -2.27. The van der Waals surface area contributed by atoms with E-state index in [0.717, 1.165) is 36.0 Å². The first-order valence-electron chi connectivity index (χ1n) is 14.2. The fourth-order valence-electron chi connectivity index (χ4n) is 6.11. The highest BCUT2D eigenvalue weighted by Crippen LogP contribution is 2.59. The third-order valence-electron chi connectivity index (χ3n) is 8.35. The first kappa shape index (κ1) is 28.1. The number of halogens is 1. The van der Waals surface area contributed by atoms with E-state index in [-0.39, 0.29) is 35.6 Å². The molecule has 6 rings (SSSR count). The minimum Gasteiger partial charge on any atom is -0.325 e. The van der Waals surface area contributed by atoms with Crippen LogP contribution in [0.5, 0.6) is 0 Å². The minimum atomic E-state index is -0.612. The number of aromatic nitrogens is 5. The summed E-state index contributed by atoms with van der Waals surface area (Å²) < 4.78 is 2.23. The number of hydrogen-bond acceptors (Lipinski definition) is 7. The maximum atomic E-state index is 13.9. The maximum absolute atomic E-state index is 13.9. The summed E-state index contributed by atoms with van der Waals surface area (Å²) in [7, 11) is 0. The molecule has 0 radical (unpaired) electrons. The van der Waals surface area contributed by atoms with E-state index >= 15 is 0 Å². The average molecular weight is 631 g/mol. The number of amides is 2. The Morgan fingerprint density at radius 3 is 2.57 bits per heavy atom. The molecule has 1 aliphatic heterocycles. The number of carbonyl (C=O) groups excluding carboxylic acids is 3. The van der Waals surface area contributed by atoms with Crippen LogP contribution >= 0.6 is 15.9 Å². The van der Waals surface area contributed by atoms with Gasteiger partial charge in [-0.1, -0.05) is 26.3 Å². The molecule has 11 heteroatoms. The average Bonchev–Trinajstić information content (AvgIpc) is 3.30. The number of carbonyl (C=O) groups is 3. The molecular formula is C31H32BrN7O3. The van der Waals surface area contributed by atoms with Gasteiger partial charge in [-0.3, -0.25) is 19.1 Å². The zero-order chi connectivity index (χ0) is 29.8. The second-order valence-electron chi connectivity index (χ2n) is 11.6. The first-order chi connectivity index (χ1) is 20.1. The molecule has 42 heavy (non-hydrogen) atoms. The zero-order valence-corrected chi connectivity index (χ0v) is 25.6. The van der Waals surface area contributed by atoms with E-state index < -0.39 is 6.04 Å². The number of rotatable bonds is 8. The zero-order valence-electron chi connectivity index (χ0n) is 24.0. The summed E-state index contributed by atoms with van der Waals surface area (Å²) >= 11 is 3.44. The molecule has 216 valence electrons. The van der Waals surface area contributed by atoms with Gasteiger partial charge < -0.3 is 10.2 Å². The Hall–Kier alpha value is -3.99. The fourth-order valence-corrected chi connectivity index (χ4v) is 6.59. The molecule has 0 bridgehead atoms. The van der Waals surface area contributed by atoms with Crippen LogP contribution in [-0.4, -0.2) is 59.3 Å². The lowest BCUT2D eigenvalue weighted by molar-refractivity contribution is -0.138. The Kier molecular flexibility index (Phi) is 7.16. The summed E-state index contributed by atoms with van der Waals surface area (Å²) in [5.74, 6) is 0.497. The maximum Gasteiger partial charge on any atom is 0.248 e. The van der Waals surface area contributed by atoms with Gasteiger partial charge in [-0.15, -0.1) is 0 Å². The normalized spacial score (nSPS) is 20.9. The molecule has 1 saturated carbocycles. The second kappa shape index (κ2) is 10.7. The Morgan fingerprint density at radius 2 is 1.86 bits per heavy atom. The largest absolute Gasteiger partial charge is 0.325 e. The van der Waals surface area contributed by atoms with Crippen LogP contribution < -0.4 is 5.32 Å². The molecule has 4 heterocycles. The van der Waals surface area contributed by atoms with E-state index in [9.17, 15) is 14.4 Å². The van der Waals surface area contributed by atoms with Crippen LogP contribution in [0, 0.1) is 12.3 Å². The quantitative estimate of drug-likeness (QED) is 0.212. The van der Waals surface area contributed by atoms with E-state index in [2.05, 4.69) is 55.1 Å². The van der Waals surface area contributed by atoms with Gasteiger partial charge in [-0.25, -0.2) is 15.0 Å². The Balaban J connectivity index is 1.27. The number of anilines is 1. The van der Waals surface area contributed by atoms with Crippen LogP contribution in [0.1, 0.15) is 61.9 Å². The van der Waals surface area contributed by atoms with Gasteiger partial charge in [-0.2, -0.15) is 5.10 Å². The van der Waals surface area contributed by atoms with Gasteiger partial charge >= 0.3 is 0 Å². The third-order valence-corrected chi connectivity index (χ3v) is 8.76. The van der Waals surface area contributed by atoms with Gasteiger partial charge in [0.15, 0.2) is 5.78 Å². The number of hydrogen-bond donors (Lipinski definition) is 1. The first-order valence-corrected chi connectivity index (χ1v) is 14.9. The standard InChI is InChI=1S/C31H32BrN7O3/c1-5-6-19-9-26(32)35-27(10-19)36-30(42)24-12-31(4)13-25(31)39(24)28(41)16-38-23-8-7-20(21-14-33-18(3)34-15-21)11-22(23)29(37-38)17(2)40/h7-11,14-15,24-25H,5-6,12-13,16H2,1-4H3,(H,35,36,42)/t24-,25+,31-/m0/s1. The third kappa shape index (κ3) is 5.21. The highest BCUT2D eigenvalue weighted by molar-refractivity contribution is 9.10. The number of fused-ring (bicyclic) bond motifs is 2. The highest BCUT2D eigenvalue weighted by Gasteiger charge is 2.64. The van der Waals surface area contributed by atoms with Crippen molar-refractivity contribution < 1.29 is 14.4 Å². The molecule has 3 atom stereocenters. The molecule has 0 unspecified atom stereocenters. The van der Waals surface area contributed by atoms with Crippen molar-refractivity contribution in [2.45, 2.75) is 72.0 Å². The van der Waals surface area contributed by atoms with Gasteiger partial charge in [0.2, 0.25) is 11.8 Å². The van der Waals surface area contributed by atoms with Gasteiger partial charge in [0, 0.05) is 36.3 Å². The molecule has 2 aliphatic rings. The summed E-state index contributed by atoms with van der Waals surface area (Å²) in [4.78, 5) is 54.6. The number of piperidine rings is 1. The minimum absolute atomic E-state index is 0.00545. The van der Waals surface area contributed by atoms with E-state index in [1.165, 1.54) is 6.92 Å². The number of benzene rings is 1. The lowest BCUT2D eigenvalue weighted by Crippen LogP contribution is -2.46. The Labute approximate surface area is 252 Å². The molecule has 4 aromatic rings. The molecule has 1 aliphatic carbocycles. The van der Waals surface area contributed by atoms with Crippen LogP contribution in [-0.2, 0) is 22.6 Å². The monoisotopic (exact) mass is 629 g/mol. The molecule has 3 aromatic heterocycles. The van der Waals surface area contributed by atoms with Crippen molar-refractivity contribution in [3.8, 4) is 11.1 Å². The molecule has 2 amide bonds. The smallest absolute Gasteiger partial charge is 0.248 e. The molecular weight excluding hydrogens is 598 g/mol. The number of nitrogens with one attached hydrogen (secondary N) is 1. The summed E-state index contributed by atoms with van der Waals surface area (Å²) in [5.41, 5.74) is 3.63. The number of ketones is 1. The van der Waals surface area contributed by atoms with Crippen molar-refractivity contribution in [3.05, 3.63) is 64.4 Å². The number of Topliss-reactive ketones (excluding diaryl/α,β-unsaturated/α-hetero) is 1. The highest BCUT2D eigenvalue weighted by atomic mass is 79.9. The number of pyridine rings is 1. The van der Waals surface area contributed by atoms with E-state index in [1.54, 1.807) is 22.0 Å². The second-order valence-corrected chi connectivity index (χ2v) is 12.4. The Morgan fingerprint density at radius 1 is 1.10 bits per heavy atom. The van der Waals surface area contributed by atoms with Crippen molar-refractivity contribution >= 4 is 50.2 Å². The number of aryl methyl sites for hydroxylation is 2. The Bertz CT molecular complexity index is 1730. The van der Waals surface area contributed by atoms with E-state index in [1.807, 2.05) is 37.3 Å². The number of likely N-dealkylation sites (tertiary alicyclic amines) is 1. The van der Waals surface area contributed by atoms with Gasteiger partial charge in [-0.05, 0) is 82.9 Å². The molecule has 10 nitrogen and oxygen atoms in total. The van der Waals surface area contributed by atoms with Gasteiger partial charge in [0.25, 0.3) is 0 Å². The molecule has 1 saturated heterocycles. The van der Waals surface area contributed by atoms with Crippen LogP contribution in [0.25, 0.3) is 22.0 Å². The SMILES string of the molecule is CCCc1cc(Br)nc(NC(=O)[C@@H]2C[C@@]3(C)C[C@H]3N2C(=O)Cn2nc(C(C)=O)c3cc(-c4cnc(C)nc4)ccc32)c1. The van der Waals surface area contributed by atoms with Crippen LogP contribution in [0.4, 0.5) is 5.82 Å². The van der Waals surface area contributed by atoms with Crippen LogP contribution in [0.2, 0.25) is 0 Å². The van der Waals surface area contributed by atoms with Gasteiger partial charge in [0.1, 0.15) is 34.5 Å². The predicted molar refractivity (Wildman–Crippen MR) is 162 cm³/mol. The topological polar surface area (TPSA) is 123 Å². The van der Waals surface area contributed by atoms with Crippen LogP contribution in [0.15, 0.2) is 47.3 Å². The summed E-state index contributed by atoms with van der Waals surface area (Å²) in [6, 6.07) is 8.86. The van der Waals surface area contributed by atoms with Crippen molar-refractivity contribution in [2.75, 3.05) is 5.32 Å². The fraction of sp³-hybridized carbons (Fsp3) is 0.387. The van der Waals surface area contributed by atoms with Crippen LogP contribution in [0.3, 0.4) is 0 Å². The lowest BCUT2D eigenvalue weighted by atomic mass is 10.0. The van der Waals surface area contributed by atoms with Crippen molar-refractivity contribution in [2.24, 2.45) is 5.41 Å². The van der Waals surface area contributed by atoms with Crippen molar-refractivity contribution in [3.63, 3.8) is 0 Å². The van der Waals surface area contributed by atoms with E-state index in [4.69, 9.17) is 0 Å². The van der Waals surface area contributed by atoms with E-state index in [0.29, 0.717) is 39.3 Å². The van der Waals surface area contributed by atoms with Gasteiger partial charge in [0.05, 0.1) is 5.52 Å². The molecule has 2 fully saturated rings. The molecule has 1 N–H and O–H groups in total. The summed E-state index contributed by atoms with van der Waals surface area (Å²) in [6.07, 6.45) is 6.78. The predicted octanol–water partition coefficient (Wildman–Crippen LogP) is 5.13. The molecule has 0 spiro atoms. The molecule has 1 aromatic carbocycles. The number of nitrogens with zero attached hydrogens (tertiary/aromatic N) is 6. The summed E-state index contributed by atoms with van der Waals surface area (Å²) in [5, 5.41) is 8.16. The van der Waals surface area contributed by atoms with Crippen molar-refractivity contribution in [1.82, 2.24) is 29.6 Å².